The molecule has 0 aliphatic heterocycles. The van der Waals surface area contributed by atoms with E-state index in [-0.39, 0.29) is 11.0 Å². The van der Waals surface area contributed by atoms with E-state index in [9.17, 15) is 4.79 Å². The summed E-state index contributed by atoms with van der Waals surface area (Å²) in [6, 6.07) is 8.37. The van der Waals surface area contributed by atoms with Gasteiger partial charge in [0, 0.05) is 16.8 Å². The lowest BCUT2D eigenvalue weighted by molar-refractivity contribution is 0.0994. The summed E-state index contributed by atoms with van der Waals surface area (Å²) >= 11 is 19.0. The van der Waals surface area contributed by atoms with E-state index < -0.39 is 0 Å². The van der Waals surface area contributed by atoms with Crippen molar-refractivity contribution >= 4 is 52.3 Å². The van der Waals surface area contributed by atoms with Gasteiger partial charge in [0.15, 0.2) is 5.78 Å². The molecule has 6 heteroatoms. The number of hydrogen-bond acceptors (Lipinski definition) is 3. The molecule has 0 amide bonds. The Morgan fingerprint density at radius 2 is 1.85 bits per heavy atom. The Morgan fingerprint density at radius 1 is 1.15 bits per heavy atom. The lowest BCUT2D eigenvalue weighted by Gasteiger charge is -2.11. The van der Waals surface area contributed by atoms with Crippen LogP contribution < -0.4 is 0 Å². The number of carbonyl (C=O) groups is 1. The molecule has 0 bridgehead atoms. The van der Waals surface area contributed by atoms with Crippen molar-refractivity contribution in [3.8, 4) is 0 Å². The number of pyridine rings is 1. The number of hydrogen-bond donors (Lipinski definition) is 0. The predicted octanol–water partition coefficient (Wildman–Crippen LogP) is 5.41. The molecule has 0 saturated heterocycles. The highest BCUT2D eigenvalue weighted by molar-refractivity contribution is 8.00. The van der Waals surface area contributed by atoms with Crippen molar-refractivity contribution in [3.63, 3.8) is 0 Å². The third-order valence-electron chi connectivity index (χ3n) is 2.56. The second-order valence-corrected chi connectivity index (χ2v) is 6.70. The number of halogens is 3. The van der Waals surface area contributed by atoms with Crippen LogP contribution in [-0.2, 0) is 0 Å². The molecular weight excluding hydrogens is 337 g/mol. The van der Waals surface area contributed by atoms with Crippen LogP contribution >= 0.6 is 46.6 Å². The van der Waals surface area contributed by atoms with Crippen LogP contribution in [0.4, 0.5) is 0 Å². The monoisotopic (exact) mass is 345 g/mol. The molecule has 2 aromatic rings. The number of carbonyl (C=O) groups excluding carboxylic acids is 1. The van der Waals surface area contributed by atoms with Crippen LogP contribution in [0.5, 0.6) is 0 Å². The van der Waals surface area contributed by atoms with E-state index in [2.05, 4.69) is 4.98 Å². The zero-order valence-electron chi connectivity index (χ0n) is 10.4. The third kappa shape index (κ3) is 3.89. The quantitative estimate of drug-likeness (QED) is 0.548. The van der Waals surface area contributed by atoms with Crippen molar-refractivity contribution in [2.75, 3.05) is 0 Å². The summed E-state index contributed by atoms with van der Waals surface area (Å²) in [5.41, 5.74) is 0.463. The number of rotatable bonds is 4. The summed E-state index contributed by atoms with van der Waals surface area (Å²) in [6.45, 7) is 1.81. The van der Waals surface area contributed by atoms with Crippen LogP contribution in [0, 0.1) is 0 Å². The van der Waals surface area contributed by atoms with Gasteiger partial charge in [-0.1, -0.05) is 46.6 Å². The molecule has 104 valence electrons. The number of benzene rings is 1. The first-order chi connectivity index (χ1) is 9.47. The second kappa shape index (κ2) is 6.81. The molecule has 0 fully saturated rings. The zero-order chi connectivity index (χ0) is 14.7. The fourth-order valence-corrected chi connectivity index (χ4v) is 3.04. The molecule has 1 aromatic carbocycles. The van der Waals surface area contributed by atoms with Gasteiger partial charge in [0.2, 0.25) is 0 Å². The Bertz CT molecular complexity index is 631. The van der Waals surface area contributed by atoms with Gasteiger partial charge < -0.3 is 0 Å². The van der Waals surface area contributed by atoms with Crippen molar-refractivity contribution in [1.29, 1.82) is 0 Å². The molecule has 1 aromatic heterocycles. The lowest BCUT2D eigenvalue weighted by atomic mass is 10.1. The number of Topliss-reactive ketones (excluding diaryl/α,β-unsaturated/α-hetero) is 1. The largest absolute Gasteiger partial charge is 0.293 e. The van der Waals surface area contributed by atoms with Crippen LogP contribution in [0.3, 0.4) is 0 Å². The molecule has 2 nitrogen and oxygen atoms in total. The summed E-state index contributed by atoms with van der Waals surface area (Å²) in [4.78, 5) is 16.5. The maximum Gasteiger partial charge on any atom is 0.177 e. The van der Waals surface area contributed by atoms with Crippen LogP contribution in [0.15, 0.2) is 41.6 Å². The molecule has 0 N–H and O–H groups in total. The minimum absolute atomic E-state index is 0.0617. The van der Waals surface area contributed by atoms with E-state index in [0.29, 0.717) is 20.6 Å². The molecule has 0 aliphatic rings. The van der Waals surface area contributed by atoms with E-state index >= 15 is 0 Å². The molecule has 1 atom stereocenters. The minimum Gasteiger partial charge on any atom is -0.293 e. The highest BCUT2D eigenvalue weighted by Crippen LogP contribution is 2.28. The molecular formula is C14H10Cl3NOS. The lowest BCUT2D eigenvalue weighted by Crippen LogP contribution is -2.14. The Labute approximate surface area is 136 Å². The van der Waals surface area contributed by atoms with Crippen LogP contribution in [0.25, 0.3) is 0 Å². The summed E-state index contributed by atoms with van der Waals surface area (Å²) < 4.78 is 0. The van der Waals surface area contributed by atoms with Crippen molar-refractivity contribution in [2.45, 2.75) is 17.2 Å². The van der Waals surface area contributed by atoms with Crippen molar-refractivity contribution in [2.24, 2.45) is 0 Å². The van der Waals surface area contributed by atoms with E-state index in [1.165, 1.54) is 11.8 Å². The van der Waals surface area contributed by atoms with E-state index in [4.69, 9.17) is 34.8 Å². The molecule has 0 saturated carbocycles. The van der Waals surface area contributed by atoms with Gasteiger partial charge in [-0.25, -0.2) is 4.98 Å². The Hall–Kier alpha value is -0.740. The van der Waals surface area contributed by atoms with Gasteiger partial charge >= 0.3 is 0 Å². The summed E-state index contributed by atoms with van der Waals surface area (Å²) in [5.74, 6) is -0.0617. The first-order valence-electron chi connectivity index (χ1n) is 5.75. The van der Waals surface area contributed by atoms with Gasteiger partial charge in [0.25, 0.3) is 0 Å². The summed E-state index contributed by atoms with van der Waals surface area (Å²) in [6.07, 6.45) is 1.55. The van der Waals surface area contributed by atoms with Crippen LogP contribution in [0.1, 0.15) is 17.3 Å². The summed E-state index contributed by atoms with van der Waals surface area (Å²) in [7, 11) is 0. The Balaban J connectivity index is 2.14. The maximum atomic E-state index is 12.3. The topological polar surface area (TPSA) is 30.0 Å². The second-order valence-electron chi connectivity index (χ2n) is 4.06. The van der Waals surface area contributed by atoms with Crippen molar-refractivity contribution in [3.05, 3.63) is 57.2 Å². The molecule has 1 unspecified atom stereocenters. The van der Waals surface area contributed by atoms with Gasteiger partial charge in [0.05, 0.1) is 20.3 Å². The number of aromatic nitrogens is 1. The Morgan fingerprint density at radius 3 is 2.45 bits per heavy atom. The standard InChI is InChI=1S/C14H10Cl3NOS/c1-8(20-13-5-3-10(16)7-18-13)14(19)11-4-2-9(15)6-12(11)17/h2-8H,1H3. The normalized spacial score (nSPS) is 12.2. The zero-order valence-corrected chi connectivity index (χ0v) is 13.5. The smallest absolute Gasteiger partial charge is 0.177 e. The number of ketones is 1. The fraction of sp³-hybridized carbons (Fsp3) is 0.143. The van der Waals surface area contributed by atoms with Crippen LogP contribution in [0.2, 0.25) is 15.1 Å². The van der Waals surface area contributed by atoms with Crippen LogP contribution in [-0.4, -0.2) is 16.0 Å². The molecule has 2 rings (SSSR count). The fourth-order valence-electron chi connectivity index (χ4n) is 1.57. The predicted molar refractivity (Wildman–Crippen MR) is 85.4 cm³/mol. The molecule has 0 aliphatic carbocycles. The summed E-state index contributed by atoms with van der Waals surface area (Å²) in [5, 5.41) is 1.86. The number of thioether (sulfide) groups is 1. The van der Waals surface area contributed by atoms with Gasteiger partial charge in [-0.15, -0.1) is 0 Å². The van der Waals surface area contributed by atoms with E-state index in [0.717, 1.165) is 5.03 Å². The first kappa shape index (κ1) is 15.6. The minimum atomic E-state index is -0.303. The van der Waals surface area contributed by atoms with E-state index in [1.54, 1.807) is 36.5 Å². The van der Waals surface area contributed by atoms with Gasteiger partial charge in [-0.05, 0) is 37.3 Å². The van der Waals surface area contributed by atoms with Crippen molar-refractivity contribution < 1.29 is 4.79 Å². The van der Waals surface area contributed by atoms with Gasteiger partial charge in [-0.3, -0.25) is 4.79 Å². The van der Waals surface area contributed by atoms with E-state index in [1.807, 2.05) is 6.92 Å². The third-order valence-corrected chi connectivity index (χ3v) is 4.39. The molecule has 0 radical (unpaired) electrons. The van der Waals surface area contributed by atoms with Crippen molar-refractivity contribution in [1.82, 2.24) is 4.98 Å². The highest BCUT2D eigenvalue weighted by Gasteiger charge is 2.19. The SMILES string of the molecule is CC(Sc1ccc(Cl)cn1)C(=O)c1ccc(Cl)cc1Cl. The number of nitrogens with zero attached hydrogens (tertiary/aromatic N) is 1. The average Bonchev–Trinajstić information content (AvgIpc) is 2.40. The highest BCUT2D eigenvalue weighted by atomic mass is 35.5. The average molecular weight is 347 g/mol. The molecule has 20 heavy (non-hydrogen) atoms. The molecule has 1 heterocycles. The van der Waals surface area contributed by atoms with Gasteiger partial charge in [-0.2, -0.15) is 0 Å². The first-order valence-corrected chi connectivity index (χ1v) is 7.76. The molecule has 0 spiro atoms. The Kier molecular flexibility index (Phi) is 5.33. The van der Waals surface area contributed by atoms with Gasteiger partial charge in [0.1, 0.15) is 0 Å². The maximum absolute atomic E-state index is 12.3.